The standard InChI is InChI=1S/C23H24N2O7S/c1-5-32-21(27)13-25-16-8-7-15(22(28)31-4)12-19(16)33-23(25)24-20(26)11-14-6-9-17(29-2)18(10-14)30-3/h6-10,12H,5,11,13H2,1-4H3. The van der Waals surface area contributed by atoms with E-state index in [0.29, 0.717) is 37.6 Å². The molecule has 0 radical (unpaired) electrons. The first-order chi connectivity index (χ1) is 15.9. The van der Waals surface area contributed by atoms with Crippen molar-refractivity contribution in [2.75, 3.05) is 27.9 Å². The average Bonchev–Trinajstić information content (AvgIpc) is 3.14. The molecule has 1 aromatic heterocycles. The molecule has 2 aromatic carbocycles. The lowest BCUT2D eigenvalue weighted by Crippen LogP contribution is -2.23. The average molecular weight is 473 g/mol. The van der Waals surface area contributed by atoms with Crippen LogP contribution in [0.2, 0.25) is 0 Å². The van der Waals surface area contributed by atoms with E-state index in [1.165, 1.54) is 32.7 Å². The summed E-state index contributed by atoms with van der Waals surface area (Å²) in [4.78, 5) is 41.4. The molecule has 0 unspecified atom stereocenters. The number of methoxy groups -OCH3 is 3. The van der Waals surface area contributed by atoms with Crippen molar-refractivity contribution in [3.05, 3.63) is 52.3 Å². The maximum atomic E-state index is 12.8. The minimum atomic E-state index is -0.481. The molecule has 1 heterocycles. The van der Waals surface area contributed by atoms with Crippen LogP contribution >= 0.6 is 11.3 Å². The number of carbonyl (C=O) groups is 3. The number of aromatic nitrogens is 1. The Morgan fingerprint density at radius 3 is 2.42 bits per heavy atom. The van der Waals surface area contributed by atoms with E-state index in [2.05, 4.69) is 4.99 Å². The fourth-order valence-corrected chi connectivity index (χ4v) is 4.29. The maximum absolute atomic E-state index is 12.8. The Morgan fingerprint density at radius 1 is 1.00 bits per heavy atom. The van der Waals surface area contributed by atoms with E-state index in [9.17, 15) is 14.4 Å². The summed E-state index contributed by atoms with van der Waals surface area (Å²) in [5, 5.41) is 0. The Kier molecular flexibility index (Phi) is 7.83. The van der Waals surface area contributed by atoms with Gasteiger partial charge in [0.25, 0.3) is 5.91 Å². The Labute approximate surface area is 194 Å². The number of hydrogen-bond donors (Lipinski definition) is 0. The van der Waals surface area contributed by atoms with Crippen LogP contribution in [-0.2, 0) is 32.0 Å². The molecular weight excluding hydrogens is 448 g/mol. The molecule has 3 rings (SSSR count). The predicted octanol–water partition coefficient (Wildman–Crippen LogP) is 2.74. The van der Waals surface area contributed by atoms with Crippen LogP contribution in [0.15, 0.2) is 41.4 Å². The summed E-state index contributed by atoms with van der Waals surface area (Å²) in [6.45, 7) is 1.83. The van der Waals surface area contributed by atoms with Gasteiger partial charge >= 0.3 is 11.9 Å². The number of nitrogens with zero attached hydrogens (tertiary/aromatic N) is 2. The third-order valence-electron chi connectivity index (χ3n) is 4.72. The van der Waals surface area contributed by atoms with Crippen molar-refractivity contribution in [2.24, 2.45) is 4.99 Å². The van der Waals surface area contributed by atoms with Gasteiger partial charge in [-0.25, -0.2) is 4.79 Å². The van der Waals surface area contributed by atoms with Crippen LogP contribution in [0, 0.1) is 0 Å². The summed E-state index contributed by atoms with van der Waals surface area (Å²) in [5.74, 6) is -0.269. The van der Waals surface area contributed by atoms with Gasteiger partial charge in [0, 0.05) is 0 Å². The van der Waals surface area contributed by atoms with Crippen LogP contribution < -0.4 is 14.3 Å². The monoisotopic (exact) mass is 472 g/mol. The number of fused-ring (bicyclic) bond motifs is 1. The molecule has 0 N–H and O–H groups in total. The normalized spacial score (nSPS) is 11.3. The number of esters is 2. The molecule has 1 amide bonds. The summed E-state index contributed by atoms with van der Waals surface area (Å²) in [6, 6.07) is 10.1. The van der Waals surface area contributed by atoms with Crippen molar-refractivity contribution in [1.82, 2.24) is 4.57 Å². The molecule has 174 valence electrons. The van der Waals surface area contributed by atoms with Gasteiger partial charge in [0.1, 0.15) is 6.54 Å². The smallest absolute Gasteiger partial charge is 0.337 e. The van der Waals surface area contributed by atoms with Gasteiger partial charge in [-0.05, 0) is 42.8 Å². The van der Waals surface area contributed by atoms with Crippen molar-refractivity contribution < 1.29 is 33.3 Å². The third kappa shape index (κ3) is 5.58. The predicted molar refractivity (Wildman–Crippen MR) is 122 cm³/mol. The van der Waals surface area contributed by atoms with Crippen molar-refractivity contribution in [1.29, 1.82) is 0 Å². The molecule has 0 atom stereocenters. The van der Waals surface area contributed by atoms with Gasteiger partial charge < -0.3 is 23.5 Å². The quantitative estimate of drug-likeness (QED) is 0.464. The molecule has 9 nitrogen and oxygen atoms in total. The SMILES string of the molecule is CCOC(=O)Cn1c(=NC(=O)Cc2ccc(OC)c(OC)c2)sc2cc(C(=O)OC)ccc21. The van der Waals surface area contributed by atoms with Gasteiger partial charge in [-0.1, -0.05) is 17.4 Å². The Bertz CT molecular complexity index is 1260. The van der Waals surface area contributed by atoms with Crippen LogP contribution in [0.25, 0.3) is 10.2 Å². The first kappa shape index (κ1) is 24.0. The summed E-state index contributed by atoms with van der Waals surface area (Å²) in [6.07, 6.45) is 0.0292. The van der Waals surface area contributed by atoms with E-state index in [0.717, 1.165) is 0 Å². The molecule has 0 aliphatic carbocycles. The van der Waals surface area contributed by atoms with Crippen LogP contribution in [-0.4, -0.2) is 50.3 Å². The zero-order chi connectivity index (χ0) is 24.0. The van der Waals surface area contributed by atoms with E-state index in [4.69, 9.17) is 18.9 Å². The van der Waals surface area contributed by atoms with Crippen LogP contribution in [0.1, 0.15) is 22.8 Å². The molecule has 0 bridgehead atoms. The largest absolute Gasteiger partial charge is 0.493 e. The summed E-state index contributed by atoms with van der Waals surface area (Å²) < 4.78 is 22.6. The van der Waals surface area contributed by atoms with Crippen LogP contribution in [0.4, 0.5) is 0 Å². The second-order valence-corrected chi connectivity index (χ2v) is 7.83. The van der Waals surface area contributed by atoms with Crippen molar-refractivity contribution >= 4 is 39.4 Å². The minimum absolute atomic E-state index is 0.0292. The zero-order valence-electron chi connectivity index (χ0n) is 18.7. The van der Waals surface area contributed by atoms with E-state index >= 15 is 0 Å². The highest BCUT2D eigenvalue weighted by atomic mass is 32.1. The Balaban J connectivity index is 2.00. The highest BCUT2D eigenvalue weighted by Gasteiger charge is 2.15. The number of carbonyl (C=O) groups excluding carboxylic acids is 3. The van der Waals surface area contributed by atoms with Gasteiger partial charge in [0.15, 0.2) is 16.3 Å². The van der Waals surface area contributed by atoms with Crippen LogP contribution in [0.5, 0.6) is 11.5 Å². The lowest BCUT2D eigenvalue weighted by molar-refractivity contribution is -0.143. The molecule has 10 heteroatoms. The number of thiazole rings is 1. The second-order valence-electron chi connectivity index (χ2n) is 6.82. The lowest BCUT2D eigenvalue weighted by Gasteiger charge is -2.08. The molecule has 33 heavy (non-hydrogen) atoms. The molecule has 0 aliphatic heterocycles. The molecule has 0 fully saturated rings. The summed E-state index contributed by atoms with van der Waals surface area (Å²) in [7, 11) is 4.36. The van der Waals surface area contributed by atoms with E-state index in [1.807, 2.05) is 0 Å². The van der Waals surface area contributed by atoms with Crippen molar-refractivity contribution in [2.45, 2.75) is 19.9 Å². The number of rotatable bonds is 8. The molecule has 0 spiro atoms. The van der Waals surface area contributed by atoms with Gasteiger partial charge in [-0.3, -0.25) is 9.59 Å². The minimum Gasteiger partial charge on any atom is -0.493 e. The van der Waals surface area contributed by atoms with Crippen LogP contribution in [0.3, 0.4) is 0 Å². The molecular formula is C23H24N2O7S. The molecule has 0 aliphatic rings. The summed E-state index contributed by atoms with van der Waals surface area (Å²) >= 11 is 1.19. The first-order valence-electron chi connectivity index (χ1n) is 10.1. The third-order valence-corrected chi connectivity index (χ3v) is 5.76. The fraction of sp³-hybridized carbons (Fsp3) is 0.304. The topological polar surface area (TPSA) is 105 Å². The van der Waals surface area contributed by atoms with Gasteiger partial charge in [-0.15, -0.1) is 0 Å². The van der Waals surface area contributed by atoms with E-state index in [-0.39, 0.29) is 19.6 Å². The molecule has 3 aromatic rings. The number of benzene rings is 2. The van der Waals surface area contributed by atoms with Gasteiger partial charge in [0.05, 0.1) is 50.1 Å². The molecule has 0 saturated carbocycles. The van der Waals surface area contributed by atoms with Gasteiger partial charge in [0.2, 0.25) is 0 Å². The van der Waals surface area contributed by atoms with Gasteiger partial charge in [-0.2, -0.15) is 4.99 Å². The van der Waals surface area contributed by atoms with E-state index < -0.39 is 17.8 Å². The number of hydrogen-bond acceptors (Lipinski definition) is 8. The highest BCUT2D eigenvalue weighted by Crippen LogP contribution is 2.27. The maximum Gasteiger partial charge on any atom is 0.337 e. The number of ether oxygens (including phenoxy) is 4. The Hall–Kier alpha value is -3.66. The second kappa shape index (κ2) is 10.8. The highest BCUT2D eigenvalue weighted by molar-refractivity contribution is 7.16. The number of amides is 1. The van der Waals surface area contributed by atoms with Crippen molar-refractivity contribution in [3.8, 4) is 11.5 Å². The first-order valence-corrected chi connectivity index (χ1v) is 10.9. The van der Waals surface area contributed by atoms with E-state index in [1.54, 1.807) is 47.9 Å². The summed E-state index contributed by atoms with van der Waals surface area (Å²) in [5.41, 5.74) is 1.71. The zero-order valence-corrected chi connectivity index (χ0v) is 19.6. The molecule has 0 saturated heterocycles. The lowest BCUT2D eigenvalue weighted by atomic mass is 10.1. The van der Waals surface area contributed by atoms with Crippen molar-refractivity contribution in [3.63, 3.8) is 0 Å². The Morgan fingerprint density at radius 2 is 1.76 bits per heavy atom. The fourth-order valence-electron chi connectivity index (χ4n) is 3.20.